The molecule has 5 heteroatoms. The molecule has 102 valence electrons. The second-order valence-electron chi connectivity index (χ2n) is 4.65. The lowest BCUT2D eigenvalue weighted by Crippen LogP contribution is -2.31. The van der Waals surface area contributed by atoms with E-state index in [0.717, 1.165) is 11.6 Å². The van der Waals surface area contributed by atoms with Gasteiger partial charge in [-0.2, -0.15) is 16.7 Å². The zero-order valence-corrected chi connectivity index (χ0v) is 12.6. The summed E-state index contributed by atoms with van der Waals surface area (Å²) in [6.07, 6.45) is 2.18. The van der Waals surface area contributed by atoms with Crippen LogP contribution in [0.5, 0.6) is 5.88 Å². The summed E-state index contributed by atoms with van der Waals surface area (Å²) >= 11 is 1.83. The third kappa shape index (κ3) is 3.98. The first-order valence-electron chi connectivity index (χ1n) is 6.10. The largest absolute Gasteiger partial charge is 0.473 e. The van der Waals surface area contributed by atoms with Gasteiger partial charge >= 0.3 is 0 Å². The highest BCUT2D eigenvalue weighted by atomic mass is 32.2. The summed E-state index contributed by atoms with van der Waals surface area (Å²) in [5, 5.41) is 0. The number of anilines is 2. The molecule has 0 aromatic carbocycles. The second-order valence-corrected chi connectivity index (χ2v) is 5.56. The average Bonchev–Trinajstić information content (AvgIpc) is 2.31. The minimum Gasteiger partial charge on any atom is -0.473 e. The van der Waals surface area contributed by atoms with Crippen LogP contribution in [0.15, 0.2) is 12.1 Å². The standard InChI is InChI=1S/C13H23N3OS/c1-9(2)17-13-11(14)6-7-12(15-13)16(4)10(3)8-18-5/h6-7,9-10H,8,14H2,1-5H3. The lowest BCUT2D eigenvalue weighted by Gasteiger charge is -2.26. The van der Waals surface area contributed by atoms with Crippen molar-refractivity contribution < 1.29 is 4.74 Å². The van der Waals surface area contributed by atoms with Gasteiger partial charge in [-0.25, -0.2) is 0 Å². The SMILES string of the molecule is CSCC(C)N(C)c1ccc(N)c(OC(C)C)n1. The minimum atomic E-state index is 0.0731. The molecule has 0 fully saturated rings. The maximum Gasteiger partial charge on any atom is 0.239 e. The van der Waals surface area contributed by atoms with E-state index in [1.807, 2.05) is 44.8 Å². The predicted molar refractivity (Wildman–Crippen MR) is 80.7 cm³/mol. The van der Waals surface area contributed by atoms with E-state index in [0.29, 0.717) is 17.6 Å². The van der Waals surface area contributed by atoms with Crippen molar-refractivity contribution in [3.63, 3.8) is 0 Å². The molecule has 1 unspecified atom stereocenters. The first-order valence-corrected chi connectivity index (χ1v) is 7.50. The van der Waals surface area contributed by atoms with E-state index in [2.05, 4.69) is 23.1 Å². The zero-order chi connectivity index (χ0) is 13.7. The van der Waals surface area contributed by atoms with Crippen molar-refractivity contribution in [2.24, 2.45) is 0 Å². The van der Waals surface area contributed by atoms with Crippen molar-refractivity contribution in [2.45, 2.75) is 32.9 Å². The number of nitrogen functional groups attached to an aromatic ring is 1. The van der Waals surface area contributed by atoms with Gasteiger partial charge in [0.05, 0.1) is 11.8 Å². The highest BCUT2D eigenvalue weighted by Gasteiger charge is 2.13. The first kappa shape index (κ1) is 15.0. The molecule has 0 aliphatic heterocycles. The lowest BCUT2D eigenvalue weighted by atomic mass is 10.3. The van der Waals surface area contributed by atoms with Crippen molar-refractivity contribution in [1.82, 2.24) is 4.98 Å². The van der Waals surface area contributed by atoms with Gasteiger partial charge < -0.3 is 15.4 Å². The summed E-state index contributed by atoms with van der Waals surface area (Å²) in [6.45, 7) is 6.11. The van der Waals surface area contributed by atoms with Crippen LogP contribution in [-0.2, 0) is 0 Å². The Bertz CT molecular complexity index is 384. The van der Waals surface area contributed by atoms with Gasteiger partial charge in [0, 0.05) is 18.8 Å². The van der Waals surface area contributed by atoms with Crippen LogP contribution < -0.4 is 15.4 Å². The number of hydrogen-bond donors (Lipinski definition) is 1. The number of pyridine rings is 1. The smallest absolute Gasteiger partial charge is 0.239 e. The maximum atomic E-state index is 5.86. The average molecular weight is 269 g/mol. The number of rotatable bonds is 6. The number of hydrogen-bond acceptors (Lipinski definition) is 5. The fourth-order valence-electron chi connectivity index (χ4n) is 1.53. The van der Waals surface area contributed by atoms with Crippen molar-refractivity contribution in [1.29, 1.82) is 0 Å². The van der Waals surface area contributed by atoms with Gasteiger partial charge in [0.1, 0.15) is 5.82 Å². The van der Waals surface area contributed by atoms with Gasteiger partial charge in [-0.1, -0.05) is 0 Å². The van der Waals surface area contributed by atoms with E-state index in [4.69, 9.17) is 10.5 Å². The summed E-state index contributed by atoms with van der Waals surface area (Å²) in [6, 6.07) is 4.20. The molecular weight excluding hydrogens is 246 g/mol. The van der Waals surface area contributed by atoms with Gasteiger partial charge in [0.25, 0.3) is 0 Å². The summed E-state index contributed by atoms with van der Waals surface area (Å²) in [7, 11) is 2.04. The summed E-state index contributed by atoms with van der Waals surface area (Å²) in [5.41, 5.74) is 6.44. The molecule has 0 saturated carbocycles. The van der Waals surface area contributed by atoms with E-state index >= 15 is 0 Å². The second kappa shape index (κ2) is 6.73. The Hall–Kier alpha value is -1.10. The maximum absolute atomic E-state index is 5.86. The summed E-state index contributed by atoms with van der Waals surface area (Å²) in [5.74, 6) is 2.47. The predicted octanol–water partition coefficient (Wildman–Crippen LogP) is 2.64. The molecular formula is C13H23N3OS. The molecule has 0 aliphatic carbocycles. The minimum absolute atomic E-state index is 0.0731. The van der Waals surface area contributed by atoms with Crippen LogP contribution in [0.2, 0.25) is 0 Å². The monoisotopic (exact) mass is 269 g/mol. The first-order chi connectivity index (χ1) is 8.45. The molecule has 2 N–H and O–H groups in total. The number of thioether (sulfide) groups is 1. The number of nitrogens with zero attached hydrogens (tertiary/aromatic N) is 2. The van der Waals surface area contributed by atoms with E-state index in [9.17, 15) is 0 Å². The number of ether oxygens (including phenoxy) is 1. The van der Waals surface area contributed by atoms with Crippen LogP contribution in [0, 0.1) is 0 Å². The molecule has 0 aliphatic rings. The Morgan fingerprint density at radius 2 is 2.06 bits per heavy atom. The van der Waals surface area contributed by atoms with E-state index in [1.165, 1.54) is 0 Å². The molecule has 1 rings (SSSR count). The quantitative estimate of drug-likeness (QED) is 0.860. The molecule has 0 bridgehead atoms. The normalized spacial score (nSPS) is 12.6. The van der Waals surface area contributed by atoms with E-state index < -0.39 is 0 Å². The van der Waals surface area contributed by atoms with Crippen LogP contribution in [0.25, 0.3) is 0 Å². The van der Waals surface area contributed by atoms with Crippen LogP contribution >= 0.6 is 11.8 Å². The Labute approximate surface area is 114 Å². The third-order valence-electron chi connectivity index (χ3n) is 2.65. The Morgan fingerprint density at radius 3 is 2.61 bits per heavy atom. The topological polar surface area (TPSA) is 51.4 Å². The van der Waals surface area contributed by atoms with Gasteiger partial charge in [0.15, 0.2) is 0 Å². The highest BCUT2D eigenvalue weighted by Crippen LogP contribution is 2.24. The Balaban J connectivity index is 2.89. The van der Waals surface area contributed by atoms with Gasteiger partial charge in [-0.05, 0) is 39.2 Å². The van der Waals surface area contributed by atoms with Crippen LogP contribution in [0.3, 0.4) is 0 Å². The Kier molecular flexibility index (Phi) is 5.59. The van der Waals surface area contributed by atoms with E-state index in [1.54, 1.807) is 0 Å². The fourth-order valence-corrected chi connectivity index (χ4v) is 2.24. The van der Waals surface area contributed by atoms with Gasteiger partial charge in [0.2, 0.25) is 5.88 Å². The fraction of sp³-hybridized carbons (Fsp3) is 0.615. The molecule has 18 heavy (non-hydrogen) atoms. The van der Waals surface area contributed by atoms with Crippen molar-refractivity contribution in [2.75, 3.05) is 29.7 Å². The van der Waals surface area contributed by atoms with Crippen molar-refractivity contribution in [3.05, 3.63) is 12.1 Å². The molecule has 4 nitrogen and oxygen atoms in total. The number of nitrogens with two attached hydrogens (primary N) is 1. The number of aromatic nitrogens is 1. The van der Waals surface area contributed by atoms with Crippen LogP contribution in [0.4, 0.5) is 11.5 Å². The molecule has 0 spiro atoms. The molecule has 0 saturated heterocycles. The van der Waals surface area contributed by atoms with Gasteiger partial charge in [-0.3, -0.25) is 0 Å². The third-order valence-corrected chi connectivity index (χ3v) is 3.47. The molecule has 0 radical (unpaired) electrons. The lowest BCUT2D eigenvalue weighted by molar-refractivity contribution is 0.234. The summed E-state index contributed by atoms with van der Waals surface area (Å²) < 4.78 is 5.61. The van der Waals surface area contributed by atoms with E-state index in [-0.39, 0.29) is 6.10 Å². The van der Waals surface area contributed by atoms with Crippen LogP contribution in [0.1, 0.15) is 20.8 Å². The summed E-state index contributed by atoms with van der Waals surface area (Å²) in [4.78, 5) is 6.63. The van der Waals surface area contributed by atoms with Gasteiger partial charge in [-0.15, -0.1) is 0 Å². The molecule has 0 amide bonds. The molecule has 1 aromatic heterocycles. The molecule has 1 aromatic rings. The zero-order valence-electron chi connectivity index (χ0n) is 11.8. The van der Waals surface area contributed by atoms with Crippen molar-refractivity contribution >= 4 is 23.3 Å². The van der Waals surface area contributed by atoms with Crippen LogP contribution in [-0.4, -0.2) is 36.2 Å². The highest BCUT2D eigenvalue weighted by molar-refractivity contribution is 7.98. The molecule has 1 heterocycles. The molecule has 1 atom stereocenters. The van der Waals surface area contributed by atoms with Crippen molar-refractivity contribution in [3.8, 4) is 5.88 Å². The Morgan fingerprint density at radius 1 is 1.39 bits per heavy atom.